The maximum absolute atomic E-state index is 11.5. The van der Waals surface area contributed by atoms with Crippen molar-refractivity contribution in [2.24, 2.45) is 5.92 Å². The van der Waals surface area contributed by atoms with Crippen LogP contribution >= 0.6 is 0 Å². The Morgan fingerprint density at radius 3 is 2.38 bits per heavy atom. The number of carbonyl (C=O) groups is 2. The molecule has 0 aliphatic carbocycles. The lowest BCUT2D eigenvalue weighted by Gasteiger charge is -2.21. The number of amides is 1. The van der Waals surface area contributed by atoms with Crippen LogP contribution < -0.4 is 5.32 Å². The molecule has 0 fully saturated rings. The van der Waals surface area contributed by atoms with Crippen LogP contribution in [0.5, 0.6) is 0 Å². The number of hydrogen-bond acceptors (Lipinski definition) is 3. The van der Waals surface area contributed by atoms with Crippen LogP contribution in [0.1, 0.15) is 46.5 Å². The number of hydrogen-bond donors (Lipinski definition) is 1. The van der Waals surface area contributed by atoms with Crippen molar-refractivity contribution in [3.05, 3.63) is 0 Å². The third-order valence-electron chi connectivity index (χ3n) is 2.52. The SMILES string of the molecule is CCCCC(=O)NC(CC(=O)OC)C(C)C. The molecule has 0 rings (SSSR count). The average Bonchev–Trinajstić information content (AvgIpc) is 2.24. The van der Waals surface area contributed by atoms with E-state index in [0.29, 0.717) is 6.42 Å². The van der Waals surface area contributed by atoms with E-state index in [1.165, 1.54) is 7.11 Å². The molecule has 0 aromatic heterocycles. The molecule has 1 unspecified atom stereocenters. The fraction of sp³-hybridized carbons (Fsp3) is 0.833. The van der Waals surface area contributed by atoms with Crippen LogP contribution in [0.3, 0.4) is 0 Å². The van der Waals surface area contributed by atoms with Crippen LogP contribution in [-0.4, -0.2) is 25.0 Å². The van der Waals surface area contributed by atoms with E-state index in [1.54, 1.807) is 0 Å². The number of ether oxygens (including phenoxy) is 1. The summed E-state index contributed by atoms with van der Waals surface area (Å²) in [6.45, 7) is 6.00. The Labute approximate surface area is 97.7 Å². The maximum Gasteiger partial charge on any atom is 0.307 e. The summed E-state index contributed by atoms with van der Waals surface area (Å²) >= 11 is 0. The third kappa shape index (κ3) is 6.43. The fourth-order valence-electron chi connectivity index (χ4n) is 1.33. The number of rotatable bonds is 7. The van der Waals surface area contributed by atoms with Crippen molar-refractivity contribution in [2.75, 3.05) is 7.11 Å². The smallest absolute Gasteiger partial charge is 0.307 e. The normalized spacial score (nSPS) is 12.3. The molecule has 0 aliphatic rings. The molecule has 0 bridgehead atoms. The van der Waals surface area contributed by atoms with Gasteiger partial charge in [0.25, 0.3) is 0 Å². The monoisotopic (exact) mass is 229 g/mol. The molecule has 0 aliphatic heterocycles. The molecule has 0 heterocycles. The highest BCUT2D eigenvalue weighted by Gasteiger charge is 2.19. The Morgan fingerprint density at radius 2 is 1.94 bits per heavy atom. The molecule has 16 heavy (non-hydrogen) atoms. The van der Waals surface area contributed by atoms with Gasteiger partial charge >= 0.3 is 5.97 Å². The van der Waals surface area contributed by atoms with Gasteiger partial charge in [0, 0.05) is 12.5 Å². The van der Waals surface area contributed by atoms with Crippen molar-refractivity contribution < 1.29 is 14.3 Å². The van der Waals surface area contributed by atoms with Crippen molar-refractivity contribution in [3.63, 3.8) is 0 Å². The summed E-state index contributed by atoms with van der Waals surface area (Å²) in [5.74, 6) is -0.0383. The summed E-state index contributed by atoms with van der Waals surface area (Å²) in [6, 6.07) is -0.128. The second-order valence-corrected chi connectivity index (χ2v) is 4.30. The number of esters is 1. The minimum Gasteiger partial charge on any atom is -0.469 e. The first kappa shape index (κ1) is 14.9. The molecule has 0 radical (unpaired) electrons. The molecule has 1 amide bonds. The van der Waals surface area contributed by atoms with Crippen LogP contribution in [0.4, 0.5) is 0 Å². The van der Waals surface area contributed by atoms with Gasteiger partial charge in [0.1, 0.15) is 0 Å². The van der Waals surface area contributed by atoms with Crippen LogP contribution in [0.2, 0.25) is 0 Å². The predicted molar refractivity (Wildman–Crippen MR) is 62.9 cm³/mol. The standard InChI is InChI=1S/C12H23NO3/c1-5-6-7-11(14)13-10(9(2)3)8-12(15)16-4/h9-10H,5-8H2,1-4H3,(H,13,14). The van der Waals surface area contributed by atoms with Gasteiger partial charge < -0.3 is 10.1 Å². The first-order valence-electron chi connectivity index (χ1n) is 5.87. The highest BCUT2D eigenvalue weighted by Crippen LogP contribution is 2.08. The summed E-state index contributed by atoms with van der Waals surface area (Å²) in [4.78, 5) is 22.7. The Balaban J connectivity index is 4.12. The minimum atomic E-state index is -0.283. The van der Waals surface area contributed by atoms with E-state index in [1.807, 2.05) is 20.8 Å². The quantitative estimate of drug-likeness (QED) is 0.678. The fourth-order valence-corrected chi connectivity index (χ4v) is 1.33. The minimum absolute atomic E-state index is 0.0180. The first-order valence-corrected chi connectivity index (χ1v) is 5.87. The molecule has 0 saturated carbocycles. The largest absolute Gasteiger partial charge is 0.469 e. The second kappa shape index (κ2) is 8.13. The number of methoxy groups -OCH3 is 1. The summed E-state index contributed by atoms with van der Waals surface area (Å²) in [5.41, 5.74) is 0. The summed E-state index contributed by atoms with van der Waals surface area (Å²) in [7, 11) is 1.36. The molecule has 94 valence electrons. The average molecular weight is 229 g/mol. The Bertz CT molecular complexity index is 226. The zero-order valence-electron chi connectivity index (χ0n) is 10.7. The van der Waals surface area contributed by atoms with E-state index >= 15 is 0 Å². The van der Waals surface area contributed by atoms with E-state index in [-0.39, 0.29) is 30.3 Å². The van der Waals surface area contributed by atoms with Gasteiger partial charge in [-0.25, -0.2) is 0 Å². The highest BCUT2D eigenvalue weighted by molar-refractivity contribution is 5.77. The van der Waals surface area contributed by atoms with E-state index in [2.05, 4.69) is 10.1 Å². The second-order valence-electron chi connectivity index (χ2n) is 4.30. The van der Waals surface area contributed by atoms with E-state index in [0.717, 1.165) is 12.8 Å². The summed E-state index contributed by atoms with van der Waals surface area (Å²) < 4.78 is 4.60. The van der Waals surface area contributed by atoms with Crippen molar-refractivity contribution in [2.45, 2.75) is 52.5 Å². The van der Waals surface area contributed by atoms with E-state index in [4.69, 9.17) is 0 Å². The number of unbranched alkanes of at least 4 members (excludes halogenated alkanes) is 1. The lowest BCUT2D eigenvalue weighted by molar-refractivity contribution is -0.141. The van der Waals surface area contributed by atoms with Gasteiger partial charge in [-0.1, -0.05) is 27.2 Å². The van der Waals surface area contributed by atoms with Gasteiger partial charge in [-0.3, -0.25) is 9.59 Å². The number of nitrogens with one attached hydrogen (secondary N) is 1. The van der Waals surface area contributed by atoms with Gasteiger partial charge in [-0.05, 0) is 12.3 Å². The van der Waals surface area contributed by atoms with Gasteiger partial charge in [-0.15, -0.1) is 0 Å². The maximum atomic E-state index is 11.5. The zero-order chi connectivity index (χ0) is 12.6. The van der Waals surface area contributed by atoms with Crippen LogP contribution in [0.15, 0.2) is 0 Å². The van der Waals surface area contributed by atoms with Gasteiger partial charge in [0.15, 0.2) is 0 Å². The Kier molecular flexibility index (Phi) is 7.60. The molecular formula is C12H23NO3. The Hall–Kier alpha value is -1.06. The zero-order valence-corrected chi connectivity index (χ0v) is 10.7. The summed E-state index contributed by atoms with van der Waals surface area (Å²) in [6.07, 6.45) is 2.65. The molecule has 0 aromatic carbocycles. The molecule has 4 heteroatoms. The highest BCUT2D eigenvalue weighted by atomic mass is 16.5. The lowest BCUT2D eigenvalue weighted by atomic mass is 10.0. The van der Waals surface area contributed by atoms with Gasteiger partial charge in [0.05, 0.1) is 13.5 Å². The van der Waals surface area contributed by atoms with Crippen molar-refractivity contribution in [1.82, 2.24) is 5.32 Å². The molecule has 0 spiro atoms. The van der Waals surface area contributed by atoms with E-state index in [9.17, 15) is 9.59 Å². The molecule has 0 aromatic rings. The summed E-state index contributed by atoms with van der Waals surface area (Å²) in [5, 5.41) is 2.88. The lowest BCUT2D eigenvalue weighted by Crippen LogP contribution is -2.40. The van der Waals surface area contributed by atoms with Crippen molar-refractivity contribution >= 4 is 11.9 Å². The molecule has 0 saturated heterocycles. The topological polar surface area (TPSA) is 55.4 Å². The van der Waals surface area contributed by atoms with Crippen molar-refractivity contribution in [1.29, 1.82) is 0 Å². The van der Waals surface area contributed by atoms with Crippen LogP contribution in [0.25, 0.3) is 0 Å². The molecule has 4 nitrogen and oxygen atoms in total. The van der Waals surface area contributed by atoms with E-state index < -0.39 is 0 Å². The van der Waals surface area contributed by atoms with Crippen LogP contribution in [-0.2, 0) is 14.3 Å². The number of carbonyl (C=O) groups excluding carboxylic acids is 2. The van der Waals surface area contributed by atoms with Crippen molar-refractivity contribution in [3.8, 4) is 0 Å². The first-order chi connectivity index (χ1) is 7.51. The third-order valence-corrected chi connectivity index (χ3v) is 2.52. The molecular weight excluding hydrogens is 206 g/mol. The van der Waals surface area contributed by atoms with Crippen LogP contribution in [0, 0.1) is 5.92 Å². The van der Waals surface area contributed by atoms with Gasteiger partial charge in [-0.2, -0.15) is 0 Å². The molecule has 1 atom stereocenters. The van der Waals surface area contributed by atoms with Gasteiger partial charge in [0.2, 0.25) is 5.91 Å². The Morgan fingerprint density at radius 1 is 1.31 bits per heavy atom. The molecule has 1 N–H and O–H groups in total. The predicted octanol–water partition coefficient (Wildman–Crippen LogP) is 1.88.